The molecule has 1 fully saturated rings. The van der Waals surface area contributed by atoms with Gasteiger partial charge in [-0.3, -0.25) is 4.90 Å². The van der Waals surface area contributed by atoms with Crippen molar-refractivity contribution in [3.05, 3.63) is 34.3 Å². The molecule has 2 nitrogen and oxygen atoms in total. The molecule has 1 aliphatic rings. The molecule has 1 atom stereocenters. The lowest BCUT2D eigenvalue weighted by atomic mass is 10.1. The quantitative estimate of drug-likeness (QED) is 0.835. The molecular weight excluding hydrogens is 208 g/mol. The Balaban J connectivity index is 2.07. The third-order valence-corrected chi connectivity index (χ3v) is 3.49. The van der Waals surface area contributed by atoms with Crippen molar-refractivity contribution in [2.75, 3.05) is 13.1 Å². The van der Waals surface area contributed by atoms with Gasteiger partial charge >= 0.3 is 0 Å². The molecule has 82 valence electrons. The average molecular weight is 225 g/mol. The van der Waals surface area contributed by atoms with E-state index in [0.29, 0.717) is 6.04 Å². The van der Waals surface area contributed by atoms with Crippen LogP contribution in [0, 0.1) is 6.92 Å². The van der Waals surface area contributed by atoms with Gasteiger partial charge < -0.3 is 5.73 Å². The van der Waals surface area contributed by atoms with Gasteiger partial charge in [0.05, 0.1) is 0 Å². The average Bonchev–Trinajstić information content (AvgIpc) is 2.59. The number of nitrogens with two attached hydrogens (primary N) is 1. The standard InChI is InChI=1S/C12H17ClN2/c1-9-10(3-2-4-12(9)13)7-15-6-5-11(14)8-15/h2-4,11H,5-8,14H2,1H3/t11-/m0/s1. The van der Waals surface area contributed by atoms with Gasteiger partial charge in [-0.2, -0.15) is 0 Å². The number of nitrogens with zero attached hydrogens (tertiary/aromatic N) is 1. The van der Waals surface area contributed by atoms with Crippen molar-refractivity contribution < 1.29 is 0 Å². The summed E-state index contributed by atoms with van der Waals surface area (Å²) >= 11 is 6.08. The lowest BCUT2D eigenvalue weighted by molar-refractivity contribution is 0.326. The lowest BCUT2D eigenvalue weighted by Crippen LogP contribution is -2.26. The van der Waals surface area contributed by atoms with Crippen molar-refractivity contribution in [2.24, 2.45) is 5.73 Å². The highest BCUT2D eigenvalue weighted by Crippen LogP contribution is 2.21. The molecule has 3 heteroatoms. The van der Waals surface area contributed by atoms with Crippen LogP contribution in [0.4, 0.5) is 0 Å². The van der Waals surface area contributed by atoms with Gasteiger partial charge in [0.15, 0.2) is 0 Å². The van der Waals surface area contributed by atoms with E-state index in [0.717, 1.165) is 31.1 Å². The Morgan fingerprint density at radius 2 is 2.33 bits per heavy atom. The van der Waals surface area contributed by atoms with Gasteiger partial charge in [-0.1, -0.05) is 23.7 Å². The first-order valence-electron chi connectivity index (χ1n) is 5.39. The zero-order valence-electron chi connectivity index (χ0n) is 9.04. The Labute approximate surface area is 96.0 Å². The maximum absolute atomic E-state index is 6.08. The van der Waals surface area contributed by atoms with Crippen molar-refractivity contribution in [1.29, 1.82) is 0 Å². The number of rotatable bonds is 2. The summed E-state index contributed by atoms with van der Waals surface area (Å²) in [7, 11) is 0. The minimum absolute atomic E-state index is 0.351. The summed E-state index contributed by atoms with van der Waals surface area (Å²) in [6.07, 6.45) is 1.11. The smallest absolute Gasteiger partial charge is 0.0438 e. The summed E-state index contributed by atoms with van der Waals surface area (Å²) < 4.78 is 0. The van der Waals surface area contributed by atoms with Crippen LogP contribution in [0.2, 0.25) is 5.02 Å². The van der Waals surface area contributed by atoms with Crippen molar-refractivity contribution >= 4 is 11.6 Å². The molecule has 1 saturated heterocycles. The van der Waals surface area contributed by atoms with Gasteiger partial charge in [0.25, 0.3) is 0 Å². The fraction of sp³-hybridized carbons (Fsp3) is 0.500. The highest BCUT2D eigenvalue weighted by molar-refractivity contribution is 6.31. The van der Waals surface area contributed by atoms with Gasteiger partial charge in [-0.05, 0) is 30.5 Å². The van der Waals surface area contributed by atoms with Gasteiger partial charge in [-0.15, -0.1) is 0 Å². The summed E-state index contributed by atoms with van der Waals surface area (Å²) in [5.74, 6) is 0. The molecule has 2 rings (SSSR count). The molecule has 0 amide bonds. The monoisotopic (exact) mass is 224 g/mol. The molecular formula is C12H17ClN2. The second kappa shape index (κ2) is 4.52. The molecule has 0 spiro atoms. The molecule has 15 heavy (non-hydrogen) atoms. The molecule has 2 N–H and O–H groups in total. The van der Waals surface area contributed by atoms with Gasteiger partial charge in [-0.25, -0.2) is 0 Å². The summed E-state index contributed by atoms with van der Waals surface area (Å²) in [5, 5.41) is 0.857. The molecule has 0 radical (unpaired) electrons. The Bertz CT molecular complexity index is 351. The van der Waals surface area contributed by atoms with Crippen LogP contribution in [0.15, 0.2) is 18.2 Å². The van der Waals surface area contributed by atoms with E-state index in [1.54, 1.807) is 0 Å². The molecule has 0 unspecified atom stereocenters. The van der Waals surface area contributed by atoms with Crippen LogP contribution in [-0.4, -0.2) is 24.0 Å². The Morgan fingerprint density at radius 1 is 1.53 bits per heavy atom. The minimum atomic E-state index is 0.351. The van der Waals surface area contributed by atoms with Gasteiger partial charge in [0, 0.05) is 30.7 Å². The van der Waals surface area contributed by atoms with Crippen molar-refractivity contribution in [3.63, 3.8) is 0 Å². The van der Waals surface area contributed by atoms with Crippen molar-refractivity contribution in [3.8, 4) is 0 Å². The maximum Gasteiger partial charge on any atom is 0.0438 e. The van der Waals surface area contributed by atoms with E-state index in [-0.39, 0.29) is 0 Å². The summed E-state index contributed by atoms with van der Waals surface area (Å²) in [6.45, 7) is 5.16. The van der Waals surface area contributed by atoms with Crippen LogP contribution in [0.25, 0.3) is 0 Å². The Hall–Kier alpha value is -0.570. The minimum Gasteiger partial charge on any atom is -0.326 e. The zero-order valence-corrected chi connectivity index (χ0v) is 9.80. The Kier molecular flexibility index (Phi) is 3.29. The zero-order chi connectivity index (χ0) is 10.8. The fourth-order valence-electron chi connectivity index (χ4n) is 2.07. The van der Waals surface area contributed by atoms with Crippen LogP contribution in [-0.2, 0) is 6.54 Å². The number of benzene rings is 1. The summed E-state index contributed by atoms with van der Waals surface area (Å²) in [4.78, 5) is 2.39. The summed E-state index contributed by atoms with van der Waals surface area (Å²) in [6, 6.07) is 6.45. The molecule has 1 aromatic carbocycles. The van der Waals surface area contributed by atoms with Crippen LogP contribution >= 0.6 is 11.6 Å². The normalized spacial score (nSPS) is 22.2. The fourth-order valence-corrected chi connectivity index (χ4v) is 2.26. The first-order valence-corrected chi connectivity index (χ1v) is 5.76. The molecule has 1 aliphatic heterocycles. The van der Waals surface area contributed by atoms with Crippen LogP contribution in [0.3, 0.4) is 0 Å². The van der Waals surface area contributed by atoms with Crippen LogP contribution in [0.5, 0.6) is 0 Å². The second-order valence-corrected chi connectivity index (χ2v) is 4.72. The van der Waals surface area contributed by atoms with Gasteiger partial charge in [0.2, 0.25) is 0 Å². The largest absolute Gasteiger partial charge is 0.326 e. The molecule has 0 bridgehead atoms. The van der Waals surface area contributed by atoms with E-state index in [9.17, 15) is 0 Å². The van der Waals surface area contributed by atoms with Crippen molar-refractivity contribution in [1.82, 2.24) is 4.90 Å². The third-order valence-electron chi connectivity index (χ3n) is 3.08. The Morgan fingerprint density at radius 3 is 3.00 bits per heavy atom. The highest BCUT2D eigenvalue weighted by Gasteiger charge is 2.19. The van der Waals surface area contributed by atoms with Crippen molar-refractivity contribution in [2.45, 2.75) is 25.9 Å². The number of hydrogen-bond acceptors (Lipinski definition) is 2. The predicted octanol–water partition coefficient (Wildman–Crippen LogP) is 2.18. The highest BCUT2D eigenvalue weighted by atomic mass is 35.5. The molecule has 0 aliphatic carbocycles. The van der Waals surface area contributed by atoms with Gasteiger partial charge in [0.1, 0.15) is 0 Å². The molecule has 1 aromatic rings. The van der Waals surface area contributed by atoms with E-state index >= 15 is 0 Å². The maximum atomic E-state index is 6.08. The lowest BCUT2D eigenvalue weighted by Gasteiger charge is -2.17. The second-order valence-electron chi connectivity index (χ2n) is 4.31. The number of likely N-dealkylation sites (tertiary alicyclic amines) is 1. The van der Waals surface area contributed by atoms with Crippen LogP contribution < -0.4 is 5.73 Å². The molecule has 1 heterocycles. The predicted molar refractivity (Wildman–Crippen MR) is 64.1 cm³/mol. The van der Waals surface area contributed by atoms with E-state index < -0.39 is 0 Å². The first-order chi connectivity index (χ1) is 7.16. The third kappa shape index (κ3) is 2.51. The topological polar surface area (TPSA) is 29.3 Å². The first kappa shape index (κ1) is 10.9. The van der Waals surface area contributed by atoms with Crippen LogP contribution in [0.1, 0.15) is 17.5 Å². The number of halogens is 1. The molecule has 0 aromatic heterocycles. The summed E-state index contributed by atoms with van der Waals surface area (Å²) in [5.41, 5.74) is 8.39. The van der Waals surface area contributed by atoms with E-state index in [4.69, 9.17) is 17.3 Å². The van der Waals surface area contributed by atoms with E-state index in [1.165, 1.54) is 11.1 Å². The SMILES string of the molecule is Cc1c(Cl)cccc1CN1CC[C@H](N)C1. The number of hydrogen-bond donors (Lipinski definition) is 1. The van der Waals surface area contributed by atoms with E-state index in [1.807, 2.05) is 12.1 Å². The molecule has 0 saturated carbocycles. The van der Waals surface area contributed by atoms with E-state index in [2.05, 4.69) is 17.9 Å².